The molecule has 0 spiro atoms. The highest BCUT2D eigenvalue weighted by Crippen LogP contribution is 2.40. The van der Waals surface area contributed by atoms with Gasteiger partial charge in [-0.2, -0.15) is 10.2 Å². The fraction of sp³-hybridized carbons (Fsp3) is 0.154. The molecule has 0 saturated heterocycles. The largest absolute Gasteiger partial charge is 0.339 e. The number of carbonyl (C=O) groups is 1. The minimum absolute atomic E-state index is 0. The molecule has 8 nitrogen and oxygen atoms in total. The number of fused-ring (bicyclic) bond motifs is 1. The van der Waals surface area contributed by atoms with Gasteiger partial charge in [0, 0.05) is 68.4 Å². The van der Waals surface area contributed by atoms with E-state index in [0.717, 1.165) is 61.5 Å². The van der Waals surface area contributed by atoms with Crippen molar-refractivity contribution in [3.63, 3.8) is 0 Å². The number of aromatic amines is 1. The molecule has 0 saturated carbocycles. The highest BCUT2D eigenvalue weighted by Gasteiger charge is 2.19. The van der Waals surface area contributed by atoms with Crippen molar-refractivity contribution in [2.45, 2.75) is 13.8 Å². The van der Waals surface area contributed by atoms with Crippen LogP contribution in [0.1, 0.15) is 14.1 Å². The molecule has 0 aliphatic rings. The van der Waals surface area contributed by atoms with Crippen LogP contribution in [0.15, 0.2) is 61.7 Å². The van der Waals surface area contributed by atoms with Crippen LogP contribution in [0.3, 0.4) is 0 Å². The number of hydrogen-bond donors (Lipinski definition) is 2. The summed E-state index contributed by atoms with van der Waals surface area (Å²) in [6.45, 7) is 7.57. The molecule has 5 rings (SSSR count). The summed E-state index contributed by atoms with van der Waals surface area (Å²) in [7, 11) is 3.82. The van der Waals surface area contributed by atoms with Gasteiger partial charge >= 0.3 is 0 Å². The molecule has 4 heterocycles. The normalized spacial score (nSPS) is 11.2. The fourth-order valence-electron chi connectivity index (χ4n) is 4.16. The molecular formula is C26H29N7O. The van der Waals surface area contributed by atoms with Crippen LogP contribution in [0.2, 0.25) is 0 Å². The lowest BCUT2D eigenvalue weighted by Gasteiger charge is -2.11. The molecule has 0 fully saturated rings. The van der Waals surface area contributed by atoms with Crippen molar-refractivity contribution in [2.75, 3.05) is 5.32 Å². The number of H-pyrrole nitrogens is 1. The summed E-state index contributed by atoms with van der Waals surface area (Å²) >= 11 is 0. The summed E-state index contributed by atoms with van der Waals surface area (Å²) in [5.74, 6) is -0.248. The molecule has 1 amide bonds. The molecular weight excluding hydrogens is 426 g/mol. The van der Waals surface area contributed by atoms with Crippen LogP contribution in [-0.4, -0.2) is 35.4 Å². The highest BCUT2D eigenvalue weighted by atomic mass is 16.1. The summed E-state index contributed by atoms with van der Waals surface area (Å²) in [6.07, 6.45) is 8.79. The molecule has 0 aliphatic heterocycles. The second-order valence-electron chi connectivity index (χ2n) is 8.39. The Morgan fingerprint density at radius 1 is 1.09 bits per heavy atom. The van der Waals surface area contributed by atoms with E-state index in [-0.39, 0.29) is 8.76 Å². The van der Waals surface area contributed by atoms with Crippen LogP contribution >= 0.6 is 0 Å². The molecule has 174 valence electrons. The van der Waals surface area contributed by atoms with Gasteiger partial charge in [0.1, 0.15) is 5.65 Å². The smallest absolute Gasteiger partial charge is 0.247 e. The van der Waals surface area contributed by atoms with Crippen molar-refractivity contribution in [1.29, 1.82) is 0 Å². The number of nitrogens with one attached hydrogen (secondary N) is 2. The second kappa shape index (κ2) is 8.15. The Morgan fingerprint density at radius 2 is 1.91 bits per heavy atom. The average molecular weight is 456 g/mol. The van der Waals surface area contributed by atoms with Gasteiger partial charge < -0.3 is 10.3 Å². The Morgan fingerprint density at radius 3 is 2.59 bits per heavy atom. The monoisotopic (exact) mass is 455 g/mol. The maximum Gasteiger partial charge on any atom is 0.247 e. The zero-order valence-corrected chi connectivity index (χ0v) is 19.5. The van der Waals surface area contributed by atoms with E-state index in [1.165, 1.54) is 6.08 Å². The predicted octanol–water partition coefficient (Wildman–Crippen LogP) is 5.26. The zero-order valence-electron chi connectivity index (χ0n) is 19.5. The van der Waals surface area contributed by atoms with Crippen molar-refractivity contribution in [3.05, 3.63) is 73.0 Å². The Labute approximate surface area is 199 Å². The maximum absolute atomic E-state index is 12.0. The van der Waals surface area contributed by atoms with Crippen molar-refractivity contribution in [3.8, 4) is 33.5 Å². The van der Waals surface area contributed by atoms with Crippen molar-refractivity contribution < 1.29 is 7.65 Å². The Balaban J connectivity index is 0.00000180. The minimum atomic E-state index is -0.248. The van der Waals surface area contributed by atoms with Crippen molar-refractivity contribution in [1.82, 2.24) is 29.5 Å². The number of amides is 1. The number of aromatic nitrogens is 6. The summed E-state index contributed by atoms with van der Waals surface area (Å²) in [4.78, 5) is 20.2. The number of hydrogen-bond acceptors (Lipinski definition) is 4. The predicted molar refractivity (Wildman–Crippen MR) is 138 cm³/mol. The molecule has 2 N–H and O–H groups in total. The second-order valence-corrected chi connectivity index (χ2v) is 8.39. The molecule has 0 unspecified atom stereocenters. The molecule has 0 radical (unpaired) electrons. The number of carbonyl (C=O) groups excluding carboxylic acids is 1. The Kier molecular flexibility index (Phi) is 5.13. The lowest BCUT2D eigenvalue weighted by atomic mass is 9.97. The molecule has 0 aliphatic carbocycles. The van der Waals surface area contributed by atoms with E-state index in [9.17, 15) is 4.79 Å². The molecule has 0 bridgehead atoms. The van der Waals surface area contributed by atoms with Gasteiger partial charge in [-0.3, -0.25) is 14.2 Å². The molecule has 8 heteroatoms. The summed E-state index contributed by atoms with van der Waals surface area (Å²) < 4.78 is 3.63. The molecule has 5 aromatic rings. The van der Waals surface area contributed by atoms with E-state index in [1.807, 2.05) is 69.5 Å². The van der Waals surface area contributed by atoms with Gasteiger partial charge in [-0.1, -0.05) is 18.7 Å². The quantitative estimate of drug-likeness (QED) is 0.353. The van der Waals surface area contributed by atoms with Gasteiger partial charge in [0.15, 0.2) is 0 Å². The first-order chi connectivity index (χ1) is 16.4. The first-order valence-corrected chi connectivity index (χ1v) is 10.9. The van der Waals surface area contributed by atoms with E-state index in [0.29, 0.717) is 0 Å². The molecule has 1 aromatic carbocycles. The lowest BCUT2D eigenvalue weighted by Crippen LogP contribution is -2.08. The standard InChI is InChI=1S/C26H25N7O.2H2/c1-6-23(34)30-22-10-17(8-7-15(22)2)24-20-9-18(21-13-29-33(5)16(21)3)11-27-26(20)31-25(24)19-12-28-32(4)14-19;;/h6-14H,1H2,2-5H3,(H,27,31)(H,30,34);2*1H. The number of pyridine rings is 1. The van der Waals surface area contributed by atoms with Gasteiger partial charge in [0.2, 0.25) is 5.91 Å². The van der Waals surface area contributed by atoms with Gasteiger partial charge in [0.25, 0.3) is 0 Å². The summed E-state index contributed by atoms with van der Waals surface area (Å²) in [6, 6.07) is 8.19. The average Bonchev–Trinajstić information content (AvgIpc) is 3.52. The van der Waals surface area contributed by atoms with Crippen LogP contribution in [0.25, 0.3) is 44.5 Å². The first-order valence-electron chi connectivity index (χ1n) is 10.9. The third-order valence-corrected chi connectivity index (χ3v) is 6.16. The van der Waals surface area contributed by atoms with Crippen LogP contribution in [0.5, 0.6) is 0 Å². The minimum Gasteiger partial charge on any atom is -0.339 e. The van der Waals surface area contributed by atoms with Crippen LogP contribution in [-0.2, 0) is 18.9 Å². The highest BCUT2D eigenvalue weighted by molar-refractivity contribution is 6.05. The number of benzene rings is 1. The van der Waals surface area contributed by atoms with Gasteiger partial charge in [-0.25, -0.2) is 4.98 Å². The van der Waals surface area contributed by atoms with Crippen molar-refractivity contribution >= 4 is 22.6 Å². The zero-order chi connectivity index (χ0) is 24.0. The van der Waals surface area contributed by atoms with E-state index in [2.05, 4.69) is 39.2 Å². The maximum atomic E-state index is 12.0. The molecule has 0 atom stereocenters. The first kappa shape index (κ1) is 21.4. The third-order valence-electron chi connectivity index (χ3n) is 6.16. The van der Waals surface area contributed by atoms with E-state index in [1.54, 1.807) is 4.68 Å². The molecule has 4 aromatic heterocycles. The Hall–Kier alpha value is -4.46. The van der Waals surface area contributed by atoms with Crippen molar-refractivity contribution in [2.24, 2.45) is 14.1 Å². The van der Waals surface area contributed by atoms with Gasteiger partial charge in [-0.15, -0.1) is 0 Å². The van der Waals surface area contributed by atoms with Crippen LogP contribution in [0, 0.1) is 13.8 Å². The summed E-state index contributed by atoms with van der Waals surface area (Å²) in [5.41, 5.74) is 9.38. The topological polar surface area (TPSA) is 93.4 Å². The number of aryl methyl sites for hydroxylation is 3. The number of rotatable bonds is 5. The van der Waals surface area contributed by atoms with E-state index < -0.39 is 0 Å². The SMILES string of the molecule is C=CC(=O)Nc1cc(-c2c(-c3cnn(C)c3)[nH]c3ncc(-c4cnn(C)c4C)cc23)ccc1C.[HH].[HH]. The summed E-state index contributed by atoms with van der Waals surface area (Å²) in [5, 5.41) is 12.6. The Bertz CT molecular complexity index is 1580. The van der Waals surface area contributed by atoms with Gasteiger partial charge in [0.05, 0.1) is 18.1 Å². The van der Waals surface area contributed by atoms with E-state index in [4.69, 9.17) is 4.98 Å². The number of anilines is 1. The van der Waals surface area contributed by atoms with E-state index >= 15 is 0 Å². The lowest BCUT2D eigenvalue weighted by molar-refractivity contribution is -0.111. The molecule has 34 heavy (non-hydrogen) atoms. The third kappa shape index (κ3) is 3.59. The fourth-order valence-corrected chi connectivity index (χ4v) is 4.16. The van der Waals surface area contributed by atoms with Crippen LogP contribution in [0.4, 0.5) is 5.69 Å². The van der Waals surface area contributed by atoms with Crippen LogP contribution < -0.4 is 5.32 Å². The number of nitrogens with zero attached hydrogens (tertiary/aromatic N) is 5. The van der Waals surface area contributed by atoms with Gasteiger partial charge in [-0.05, 0) is 43.2 Å².